The molecule has 4 heterocycles. The fourth-order valence-corrected chi connectivity index (χ4v) is 6.26. The van der Waals surface area contributed by atoms with Crippen molar-refractivity contribution in [3.05, 3.63) is 29.8 Å². The van der Waals surface area contributed by atoms with Crippen LogP contribution >= 0.6 is 0 Å². The Morgan fingerprint density at radius 2 is 1.82 bits per heavy atom. The number of likely N-dealkylation sites (N-methyl/N-ethyl adjacent to an activating group) is 1. The number of nitrogens with one attached hydrogen (secondary N) is 3. The monoisotopic (exact) mass is 527 g/mol. The smallest absolute Gasteiger partial charge is 0.246 e. The molecule has 2 unspecified atom stereocenters. The van der Waals surface area contributed by atoms with Crippen LogP contribution in [-0.2, 0) is 19.1 Å². The first-order valence-corrected chi connectivity index (χ1v) is 14.1. The zero-order valence-electron chi connectivity index (χ0n) is 22.5. The van der Waals surface area contributed by atoms with Gasteiger partial charge in [-0.25, -0.2) is 0 Å². The molecule has 3 fully saturated rings. The van der Waals surface area contributed by atoms with E-state index in [1.807, 2.05) is 24.3 Å². The predicted molar refractivity (Wildman–Crippen MR) is 142 cm³/mol. The van der Waals surface area contributed by atoms with Crippen LogP contribution in [0.4, 0.5) is 0 Å². The lowest BCUT2D eigenvalue weighted by Crippen LogP contribution is -2.66. The fourth-order valence-electron chi connectivity index (χ4n) is 6.26. The molecule has 3 amide bonds. The third-order valence-electron chi connectivity index (χ3n) is 8.68. The van der Waals surface area contributed by atoms with Gasteiger partial charge in [-0.3, -0.25) is 19.3 Å². The van der Waals surface area contributed by atoms with Gasteiger partial charge in [0.25, 0.3) is 0 Å². The number of amides is 3. The van der Waals surface area contributed by atoms with E-state index in [2.05, 4.69) is 20.9 Å². The molecule has 1 aromatic carbocycles. The van der Waals surface area contributed by atoms with Crippen molar-refractivity contribution in [1.29, 1.82) is 0 Å². The summed E-state index contributed by atoms with van der Waals surface area (Å²) in [5, 5.41) is 9.24. The van der Waals surface area contributed by atoms with Crippen molar-refractivity contribution in [3.63, 3.8) is 0 Å². The molecular weight excluding hydrogens is 486 g/mol. The van der Waals surface area contributed by atoms with Crippen LogP contribution in [-0.4, -0.2) is 98.2 Å². The zero-order valence-corrected chi connectivity index (χ0v) is 22.5. The van der Waals surface area contributed by atoms with Crippen LogP contribution < -0.4 is 20.7 Å². The highest BCUT2D eigenvalue weighted by molar-refractivity contribution is 5.93. The molecule has 0 bridgehead atoms. The van der Waals surface area contributed by atoms with Gasteiger partial charge in [-0.2, -0.15) is 0 Å². The Labute approximate surface area is 224 Å². The van der Waals surface area contributed by atoms with Gasteiger partial charge in [0, 0.05) is 44.3 Å². The topological polar surface area (TPSA) is 112 Å². The summed E-state index contributed by atoms with van der Waals surface area (Å²) in [7, 11) is 1.73. The maximum absolute atomic E-state index is 14.3. The number of carbonyl (C=O) groups is 3. The third-order valence-corrected chi connectivity index (χ3v) is 8.68. The highest BCUT2D eigenvalue weighted by Crippen LogP contribution is 2.33. The first kappa shape index (κ1) is 26.9. The summed E-state index contributed by atoms with van der Waals surface area (Å²) in [4.78, 5) is 45.2. The molecule has 208 valence electrons. The summed E-state index contributed by atoms with van der Waals surface area (Å²) < 4.78 is 11.3. The molecule has 4 aliphatic rings. The van der Waals surface area contributed by atoms with Crippen molar-refractivity contribution in [3.8, 4) is 5.75 Å². The van der Waals surface area contributed by atoms with Crippen molar-refractivity contribution in [2.75, 3.05) is 46.5 Å². The lowest BCUT2D eigenvalue weighted by molar-refractivity contribution is -0.150. The van der Waals surface area contributed by atoms with E-state index >= 15 is 0 Å². The molecule has 10 nitrogen and oxygen atoms in total. The Morgan fingerprint density at radius 1 is 1.03 bits per heavy atom. The number of carbonyl (C=O) groups excluding carboxylic acids is 3. The average molecular weight is 528 g/mol. The van der Waals surface area contributed by atoms with Gasteiger partial charge in [-0.15, -0.1) is 0 Å². The van der Waals surface area contributed by atoms with E-state index in [0.717, 1.165) is 30.7 Å². The molecule has 3 N–H and O–H groups in total. The first-order chi connectivity index (χ1) is 18.5. The SMILES string of the molecule is CN[C@@H](C)C(=O)N[C@H](C(=O)N1CC2CCCN2CC1C(=O)N[C@@H]1CCOc2ccccc21)C1CCOCC1. The average Bonchev–Trinajstić information content (AvgIpc) is 3.42. The molecule has 10 heteroatoms. The standard InChI is InChI=1S/C28H41N5O5/c1-18(29-2)26(34)31-25(19-9-13-37-14-10-19)28(36)33-16-20-6-5-12-32(20)17-23(33)27(35)30-22-11-15-38-24-8-4-3-7-21(22)24/h3-4,7-8,18-20,22-23,25,29H,5-6,9-17H2,1-2H3,(H,30,35)(H,31,34)/t18-,20?,22+,23?,25-/m0/s1. The number of benzene rings is 1. The number of ether oxygens (including phenoxy) is 2. The van der Waals surface area contributed by atoms with E-state index in [9.17, 15) is 14.4 Å². The van der Waals surface area contributed by atoms with Crippen molar-refractivity contribution in [2.24, 2.45) is 5.92 Å². The van der Waals surface area contributed by atoms with E-state index < -0.39 is 18.1 Å². The molecule has 3 saturated heterocycles. The van der Waals surface area contributed by atoms with Crippen LogP contribution in [0.2, 0.25) is 0 Å². The van der Waals surface area contributed by atoms with E-state index in [1.165, 1.54) is 0 Å². The largest absolute Gasteiger partial charge is 0.493 e. The highest BCUT2D eigenvalue weighted by atomic mass is 16.5. The van der Waals surface area contributed by atoms with Crippen LogP contribution in [0.3, 0.4) is 0 Å². The summed E-state index contributed by atoms with van der Waals surface area (Å²) in [6, 6.07) is 6.14. The fraction of sp³-hybridized carbons (Fsp3) is 0.679. The Bertz CT molecular complexity index is 1020. The minimum absolute atomic E-state index is 0.0306. The summed E-state index contributed by atoms with van der Waals surface area (Å²) in [5.74, 6) is 0.244. The molecule has 0 radical (unpaired) electrons. The number of para-hydroxylation sites is 1. The van der Waals surface area contributed by atoms with Crippen LogP contribution in [0.1, 0.15) is 50.6 Å². The normalized spacial score (nSPS) is 27.4. The molecular formula is C28H41N5O5. The van der Waals surface area contributed by atoms with Crippen LogP contribution in [0.25, 0.3) is 0 Å². The van der Waals surface area contributed by atoms with E-state index in [4.69, 9.17) is 9.47 Å². The van der Waals surface area contributed by atoms with Crippen molar-refractivity contribution in [2.45, 2.75) is 69.2 Å². The van der Waals surface area contributed by atoms with Crippen molar-refractivity contribution < 1.29 is 23.9 Å². The molecule has 4 aliphatic heterocycles. The van der Waals surface area contributed by atoms with Gasteiger partial charge in [0.2, 0.25) is 17.7 Å². The quantitative estimate of drug-likeness (QED) is 0.481. The van der Waals surface area contributed by atoms with Crippen molar-refractivity contribution in [1.82, 2.24) is 25.8 Å². The van der Waals surface area contributed by atoms with Gasteiger partial charge >= 0.3 is 0 Å². The Balaban J connectivity index is 1.38. The number of rotatable bonds is 7. The second-order valence-electron chi connectivity index (χ2n) is 11.0. The second-order valence-corrected chi connectivity index (χ2v) is 11.0. The number of piperazine rings is 1. The number of hydrogen-bond donors (Lipinski definition) is 3. The molecule has 38 heavy (non-hydrogen) atoms. The maximum atomic E-state index is 14.3. The predicted octanol–water partition coefficient (Wildman–Crippen LogP) is 0.821. The van der Waals surface area contributed by atoms with Gasteiger partial charge in [-0.1, -0.05) is 18.2 Å². The van der Waals surface area contributed by atoms with E-state index in [1.54, 1.807) is 18.9 Å². The molecule has 5 rings (SSSR count). The minimum atomic E-state index is -0.686. The van der Waals surface area contributed by atoms with Gasteiger partial charge in [0.1, 0.15) is 17.8 Å². The molecule has 0 spiro atoms. The molecule has 0 aliphatic carbocycles. The molecule has 1 aromatic rings. The van der Waals surface area contributed by atoms with Gasteiger partial charge in [0.05, 0.1) is 18.7 Å². The van der Waals surface area contributed by atoms with Crippen molar-refractivity contribution >= 4 is 17.7 Å². The minimum Gasteiger partial charge on any atom is -0.493 e. The highest BCUT2D eigenvalue weighted by Gasteiger charge is 2.45. The van der Waals surface area contributed by atoms with E-state index in [-0.39, 0.29) is 35.7 Å². The van der Waals surface area contributed by atoms with E-state index in [0.29, 0.717) is 52.2 Å². The zero-order chi connectivity index (χ0) is 26.6. The lowest BCUT2D eigenvalue weighted by atomic mass is 9.89. The Morgan fingerprint density at radius 3 is 2.61 bits per heavy atom. The second kappa shape index (κ2) is 12.0. The number of nitrogens with zero attached hydrogens (tertiary/aromatic N) is 2. The Kier molecular flexibility index (Phi) is 8.50. The summed E-state index contributed by atoms with van der Waals surface area (Å²) >= 11 is 0. The summed E-state index contributed by atoms with van der Waals surface area (Å²) in [5.41, 5.74) is 0.966. The summed E-state index contributed by atoms with van der Waals surface area (Å²) in [6.45, 7) is 5.39. The Hall–Kier alpha value is -2.69. The molecule has 5 atom stereocenters. The maximum Gasteiger partial charge on any atom is 0.246 e. The molecule has 0 aromatic heterocycles. The van der Waals surface area contributed by atoms with Gasteiger partial charge < -0.3 is 30.3 Å². The molecule has 0 saturated carbocycles. The number of fused-ring (bicyclic) bond motifs is 2. The van der Waals surface area contributed by atoms with Crippen LogP contribution in [0.5, 0.6) is 5.75 Å². The van der Waals surface area contributed by atoms with Gasteiger partial charge in [0.15, 0.2) is 0 Å². The first-order valence-electron chi connectivity index (χ1n) is 14.1. The van der Waals surface area contributed by atoms with Crippen LogP contribution in [0, 0.1) is 5.92 Å². The lowest BCUT2D eigenvalue weighted by Gasteiger charge is -2.45. The van der Waals surface area contributed by atoms with Gasteiger partial charge in [-0.05, 0) is 58.2 Å². The number of hydrogen-bond acceptors (Lipinski definition) is 7. The summed E-state index contributed by atoms with van der Waals surface area (Å²) in [6.07, 6.45) is 4.15. The van der Waals surface area contributed by atoms with Crippen LogP contribution in [0.15, 0.2) is 24.3 Å². The third kappa shape index (κ3) is 5.67.